The summed E-state index contributed by atoms with van der Waals surface area (Å²) in [7, 11) is 0. The van der Waals surface area contributed by atoms with Crippen LogP contribution in [0.5, 0.6) is 0 Å². The average molecular weight is 287 g/mol. The fourth-order valence-corrected chi connectivity index (χ4v) is 3.34. The van der Waals surface area contributed by atoms with Crippen LogP contribution in [0.3, 0.4) is 0 Å². The van der Waals surface area contributed by atoms with Gasteiger partial charge in [0.2, 0.25) is 0 Å². The van der Waals surface area contributed by atoms with Gasteiger partial charge in [-0.05, 0) is 54.7 Å². The summed E-state index contributed by atoms with van der Waals surface area (Å²) in [5.41, 5.74) is 2.60. The highest BCUT2D eigenvalue weighted by Gasteiger charge is 2.15. The number of nitriles is 1. The number of halogens is 2. The van der Waals surface area contributed by atoms with Crippen molar-refractivity contribution in [3.8, 4) is 6.07 Å². The van der Waals surface area contributed by atoms with Crippen LogP contribution in [0.25, 0.3) is 0 Å². The van der Waals surface area contributed by atoms with Gasteiger partial charge in [0.05, 0.1) is 16.5 Å². The zero-order valence-corrected chi connectivity index (χ0v) is 11.4. The highest BCUT2D eigenvalue weighted by Crippen LogP contribution is 2.35. The molecule has 0 saturated heterocycles. The molecule has 2 aromatic rings. The van der Waals surface area contributed by atoms with Crippen LogP contribution in [-0.4, -0.2) is 0 Å². The Kier molecular flexibility index (Phi) is 3.45. The first kappa shape index (κ1) is 13.1. The first-order chi connectivity index (χ1) is 9.67. The van der Waals surface area contributed by atoms with E-state index in [4.69, 9.17) is 5.26 Å². The number of hydrogen-bond donors (Lipinski definition) is 0. The molecule has 3 rings (SSSR count). The molecule has 0 unspecified atom stereocenters. The molecule has 100 valence electrons. The summed E-state index contributed by atoms with van der Waals surface area (Å²) in [6, 6.07) is 9.81. The van der Waals surface area contributed by atoms with Crippen LogP contribution < -0.4 is 0 Å². The monoisotopic (exact) mass is 287 g/mol. The minimum Gasteiger partial charge on any atom is -0.206 e. The zero-order valence-electron chi connectivity index (χ0n) is 10.6. The van der Waals surface area contributed by atoms with Gasteiger partial charge < -0.3 is 0 Å². The third kappa shape index (κ3) is 2.41. The Morgan fingerprint density at radius 2 is 1.70 bits per heavy atom. The second-order valence-electron chi connectivity index (χ2n) is 4.77. The Morgan fingerprint density at radius 1 is 1.00 bits per heavy atom. The van der Waals surface area contributed by atoms with Crippen LogP contribution in [-0.2, 0) is 12.8 Å². The van der Waals surface area contributed by atoms with E-state index in [0.717, 1.165) is 48.1 Å². The van der Waals surface area contributed by atoms with E-state index in [9.17, 15) is 8.78 Å². The largest absolute Gasteiger partial charge is 0.206 e. The van der Waals surface area contributed by atoms with Gasteiger partial charge in [0.15, 0.2) is 0 Å². The Balaban J connectivity index is 1.94. The fourth-order valence-electron chi connectivity index (χ4n) is 2.45. The Hall–Kier alpha value is -1.86. The van der Waals surface area contributed by atoms with E-state index in [-0.39, 0.29) is 10.5 Å². The van der Waals surface area contributed by atoms with Gasteiger partial charge in [-0.1, -0.05) is 17.8 Å². The molecular formula is C16H11F2NS. The van der Waals surface area contributed by atoms with Crippen molar-refractivity contribution in [3.05, 3.63) is 58.7 Å². The number of rotatable bonds is 2. The summed E-state index contributed by atoms with van der Waals surface area (Å²) in [5.74, 6) is -1.38. The second-order valence-corrected chi connectivity index (χ2v) is 5.85. The molecule has 0 aliphatic heterocycles. The van der Waals surface area contributed by atoms with Crippen molar-refractivity contribution in [1.29, 1.82) is 5.26 Å². The average Bonchev–Trinajstić information content (AvgIpc) is 2.90. The maximum atomic E-state index is 13.8. The number of hydrogen-bond acceptors (Lipinski definition) is 2. The van der Waals surface area contributed by atoms with Crippen molar-refractivity contribution in [3.63, 3.8) is 0 Å². The van der Waals surface area contributed by atoms with Crippen LogP contribution >= 0.6 is 11.8 Å². The molecule has 0 N–H and O–H groups in total. The first-order valence-corrected chi connectivity index (χ1v) is 7.18. The molecule has 0 fully saturated rings. The van der Waals surface area contributed by atoms with Crippen LogP contribution in [0.2, 0.25) is 0 Å². The molecule has 2 aromatic carbocycles. The van der Waals surface area contributed by atoms with Crippen LogP contribution in [0, 0.1) is 23.0 Å². The molecule has 0 radical (unpaired) electrons. The lowest BCUT2D eigenvalue weighted by Crippen LogP contribution is -1.91. The molecule has 0 spiro atoms. The van der Waals surface area contributed by atoms with Gasteiger partial charge in [-0.25, -0.2) is 8.78 Å². The molecule has 0 atom stereocenters. The highest BCUT2D eigenvalue weighted by molar-refractivity contribution is 7.99. The van der Waals surface area contributed by atoms with Crippen molar-refractivity contribution >= 4 is 11.8 Å². The van der Waals surface area contributed by atoms with E-state index in [2.05, 4.69) is 0 Å². The van der Waals surface area contributed by atoms with Crippen molar-refractivity contribution < 1.29 is 8.78 Å². The van der Waals surface area contributed by atoms with Gasteiger partial charge in [0.25, 0.3) is 0 Å². The van der Waals surface area contributed by atoms with Crippen molar-refractivity contribution in [2.45, 2.75) is 29.1 Å². The molecule has 0 bridgehead atoms. The van der Waals surface area contributed by atoms with Gasteiger partial charge in [-0.15, -0.1) is 0 Å². The number of benzene rings is 2. The topological polar surface area (TPSA) is 23.8 Å². The molecule has 0 saturated carbocycles. The lowest BCUT2D eigenvalue weighted by atomic mass is 10.1. The van der Waals surface area contributed by atoms with Crippen LogP contribution in [0.1, 0.15) is 23.1 Å². The normalized spacial score (nSPS) is 13.1. The summed E-state index contributed by atoms with van der Waals surface area (Å²) in [4.78, 5) is 0.773. The Labute approximate surface area is 120 Å². The van der Waals surface area contributed by atoms with Gasteiger partial charge in [0, 0.05) is 4.90 Å². The lowest BCUT2D eigenvalue weighted by Gasteiger charge is -2.07. The molecular weight excluding hydrogens is 276 g/mol. The number of aryl methyl sites for hydroxylation is 2. The van der Waals surface area contributed by atoms with Crippen molar-refractivity contribution in [2.75, 3.05) is 0 Å². The summed E-state index contributed by atoms with van der Waals surface area (Å²) >= 11 is 1.07. The van der Waals surface area contributed by atoms with Crippen molar-refractivity contribution in [1.82, 2.24) is 0 Å². The first-order valence-electron chi connectivity index (χ1n) is 6.36. The summed E-state index contributed by atoms with van der Waals surface area (Å²) < 4.78 is 27.7. The maximum Gasteiger partial charge on any atom is 0.141 e. The molecule has 0 amide bonds. The molecule has 20 heavy (non-hydrogen) atoms. The van der Waals surface area contributed by atoms with E-state index >= 15 is 0 Å². The van der Waals surface area contributed by atoms with E-state index in [1.165, 1.54) is 11.1 Å². The van der Waals surface area contributed by atoms with Gasteiger partial charge in [0.1, 0.15) is 11.6 Å². The summed E-state index contributed by atoms with van der Waals surface area (Å²) in [6.07, 6.45) is 3.25. The highest BCUT2D eigenvalue weighted by atomic mass is 32.2. The van der Waals surface area contributed by atoms with E-state index in [1.807, 2.05) is 18.2 Å². The maximum absolute atomic E-state index is 13.8. The van der Waals surface area contributed by atoms with Gasteiger partial charge >= 0.3 is 0 Å². The van der Waals surface area contributed by atoms with Gasteiger partial charge in [-0.2, -0.15) is 5.26 Å². The van der Waals surface area contributed by atoms with Crippen molar-refractivity contribution in [2.24, 2.45) is 0 Å². The SMILES string of the molecule is N#Cc1cc(F)c(Sc2ccc3c(c2)CCC3)c(F)c1. The standard InChI is InChI=1S/C16H11F2NS/c17-14-6-10(9-19)7-15(18)16(14)20-13-5-4-11-2-1-3-12(11)8-13/h4-8H,1-3H2. The summed E-state index contributed by atoms with van der Waals surface area (Å²) in [6.45, 7) is 0. The molecule has 1 aliphatic rings. The fraction of sp³-hybridized carbons (Fsp3) is 0.188. The van der Waals surface area contributed by atoms with Gasteiger partial charge in [-0.3, -0.25) is 0 Å². The predicted molar refractivity (Wildman–Crippen MR) is 73.7 cm³/mol. The number of nitrogens with zero attached hydrogens (tertiary/aromatic N) is 1. The molecule has 0 aromatic heterocycles. The minimum atomic E-state index is -0.688. The van der Waals surface area contributed by atoms with Crippen LogP contribution in [0.15, 0.2) is 40.1 Å². The van der Waals surface area contributed by atoms with E-state index in [1.54, 1.807) is 6.07 Å². The second kappa shape index (κ2) is 5.26. The molecule has 0 heterocycles. The number of fused-ring (bicyclic) bond motifs is 1. The van der Waals surface area contributed by atoms with Crippen LogP contribution in [0.4, 0.5) is 8.78 Å². The smallest absolute Gasteiger partial charge is 0.141 e. The Bertz CT molecular complexity index is 696. The third-order valence-corrected chi connectivity index (χ3v) is 4.50. The predicted octanol–water partition coefficient (Wildman–Crippen LogP) is 4.48. The minimum absolute atomic E-state index is 0.00157. The quantitative estimate of drug-likeness (QED) is 0.813. The third-order valence-electron chi connectivity index (χ3n) is 3.42. The molecule has 1 aliphatic carbocycles. The molecule has 1 nitrogen and oxygen atoms in total. The molecule has 4 heteroatoms. The van der Waals surface area contributed by atoms with E-state index in [0.29, 0.717) is 0 Å². The lowest BCUT2D eigenvalue weighted by molar-refractivity contribution is 0.540. The summed E-state index contributed by atoms with van der Waals surface area (Å²) in [5, 5.41) is 8.68. The Morgan fingerprint density at radius 3 is 2.40 bits per heavy atom. The van der Waals surface area contributed by atoms with E-state index < -0.39 is 11.6 Å². The zero-order chi connectivity index (χ0) is 14.1.